The lowest BCUT2D eigenvalue weighted by molar-refractivity contribution is 0.237. The van der Waals surface area contributed by atoms with Gasteiger partial charge in [-0.1, -0.05) is 12.1 Å². The van der Waals surface area contributed by atoms with Crippen molar-refractivity contribution in [3.05, 3.63) is 59.9 Å². The molecule has 1 heterocycles. The summed E-state index contributed by atoms with van der Waals surface area (Å²) in [6.07, 6.45) is 3.33. The van der Waals surface area contributed by atoms with Crippen LogP contribution in [0.5, 0.6) is 0 Å². The standard InChI is InChI=1S/C16H20N4O3S/c1-12(14-6-8-18-9-7-14)20-16(21)19-11-13-4-3-5-15(10-13)24(22,23)17-2/h3-10,12,17H,11H2,1-2H3,(H2,19,20,21)/t12-/m1/s1. The number of aromatic nitrogens is 1. The third kappa shape index (κ3) is 4.77. The molecule has 2 rings (SSSR count). The second-order valence-corrected chi connectivity index (χ2v) is 7.07. The number of nitrogens with one attached hydrogen (secondary N) is 3. The van der Waals surface area contributed by atoms with Gasteiger partial charge in [-0.25, -0.2) is 17.9 Å². The van der Waals surface area contributed by atoms with E-state index in [9.17, 15) is 13.2 Å². The Labute approximate surface area is 141 Å². The molecule has 0 bridgehead atoms. The molecule has 0 aliphatic heterocycles. The van der Waals surface area contributed by atoms with Crippen LogP contribution < -0.4 is 15.4 Å². The summed E-state index contributed by atoms with van der Waals surface area (Å²) in [6, 6.07) is 9.58. The first-order valence-electron chi connectivity index (χ1n) is 7.39. The molecule has 1 atom stereocenters. The van der Waals surface area contributed by atoms with Gasteiger partial charge in [0.1, 0.15) is 0 Å². The molecule has 0 aliphatic rings. The molecule has 0 fully saturated rings. The van der Waals surface area contributed by atoms with Gasteiger partial charge in [-0.05, 0) is 49.4 Å². The van der Waals surface area contributed by atoms with Crippen LogP contribution >= 0.6 is 0 Å². The van der Waals surface area contributed by atoms with Gasteiger partial charge in [-0.2, -0.15) is 0 Å². The van der Waals surface area contributed by atoms with Gasteiger partial charge >= 0.3 is 6.03 Å². The summed E-state index contributed by atoms with van der Waals surface area (Å²) in [5, 5.41) is 5.53. The van der Waals surface area contributed by atoms with Gasteiger partial charge in [-0.3, -0.25) is 4.98 Å². The fourth-order valence-electron chi connectivity index (χ4n) is 2.11. The van der Waals surface area contributed by atoms with E-state index < -0.39 is 10.0 Å². The van der Waals surface area contributed by atoms with Crippen molar-refractivity contribution in [1.82, 2.24) is 20.3 Å². The van der Waals surface area contributed by atoms with E-state index in [4.69, 9.17) is 0 Å². The average Bonchev–Trinajstić information content (AvgIpc) is 2.61. The van der Waals surface area contributed by atoms with E-state index in [0.717, 1.165) is 5.56 Å². The van der Waals surface area contributed by atoms with E-state index in [2.05, 4.69) is 20.3 Å². The fraction of sp³-hybridized carbons (Fsp3) is 0.250. The van der Waals surface area contributed by atoms with Crippen LogP contribution in [-0.4, -0.2) is 26.5 Å². The maximum atomic E-state index is 12.0. The summed E-state index contributed by atoms with van der Waals surface area (Å²) < 4.78 is 25.8. The number of amides is 2. The number of carbonyl (C=O) groups is 1. The van der Waals surface area contributed by atoms with Crippen LogP contribution in [0.4, 0.5) is 4.79 Å². The molecule has 0 spiro atoms. The number of hydrogen-bond acceptors (Lipinski definition) is 4. The molecule has 0 saturated carbocycles. The summed E-state index contributed by atoms with van der Waals surface area (Å²) in [5.74, 6) is 0. The Kier molecular flexibility index (Phi) is 5.88. The van der Waals surface area contributed by atoms with Crippen LogP contribution in [0.3, 0.4) is 0 Å². The van der Waals surface area contributed by atoms with Gasteiger partial charge in [0, 0.05) is 18.9 Å². The van der Waals surface area contributed by atoms with Crippen LogP contribution in [0.1, 0.15) is 24.1 Å². The van der Waals surface area contributed by atoms with E-state index in [0.29, 0.717) is 5.56 Å². The molecule has 0 aliphatic carbocycles. The van der Waals surface area contributed by atoms with Crippen molar-refractivity contribution in [3.63, 3.8) is 0 Å². The minimum absolute atomic E-state index is 0.162. The van der Waals surface area contributed by atoms with Crippen LogP contribution in [0.25, 0.3) is 0 Å². The van der Waals surface area contributed by atoms with Crippen LogP contribution in [0.15, 0.2) is 53.7 Å². The van der Waals surface area contributed by atoms with Crippen LogP contribution in [-0.2, 0) is 16.6 Å². The predicted octanol–water partition coefficient (Wildman–Crippen LogP) is 1.55. The molecule has 8 heteroatoms. The highest BCUT2D eigenvalue weighted by atomic mass is 32.2. The first-order chi connectivity index (χ1) is 11.4. The topological polar surface area (TPSA) is 100 Å². The first kappa shape index (κ1) is 17.9. The zero-order valence-corrected chi connectivity index (χ0v) is 14.3. The minimum Gasteiger partial charge on any atom is -0.334 e. The lowest BCUT2D eigenvalue weighted by atomic mass is 10.1. The highest BCUT2D eigenvalue weighted by Crippen LogP contribution is 2.12. The molecule has 0 saturated heterocycles. The minimum atomic E-state index is -3.50. The molecule has 128 valence electrons. The van der Waals surface area contributed by atoms with Crippen LogP contribution in [0.2, 0.25) is 0 Å². The van der Waals surface area contributed by atoms with Gasteiger partial charge < -0.3 is 10.6 Å². The summed E-state index contributed by atoms with van der Waals surface area (Å²) in [5.41, 5.74) is 1.64. The van der Waals surface area contributed by atoms with Gasteiger partial charge in [-0.15, -0.1) is 0 Å². The van der Waals surface area contributed by atoms with Crippen molar-refractivity contribution in [2.24, 2.45) is 0 Å². The number of benzene rings is 1. The highest BCUT2D eigenvalue weighted by Gasteiger charge is 2.12. The number of carbonyl (C=O) groups excluding carboxylic acids is 1. The molecule has 2 aromatic rings. The SMILES string of the molecule is CNS(=O)(=O)c1cccc(CNC(=O)N[C@H](C)c2ccncc2)c1. The molecule has 0 radical (unpaired) electrons. The Morgan fingerprint density at radius 1 is 1.21 bits per heavy atom. The lowest BCUT2D eigenvalue weighted by Gasteiger charge is -2.15. The molecule has 0 unspecified atom stereocenters. The van der Waals surface area contributed by atoms with Gasteiger partial charge in [0.15, 0.2) is 0 Å². The number of urea groups is 1. The Hall–Kier alpha value is -2.45. The fourth-order valence-corrected chi connectivity index (χ4v) is 2.91. The van der Waals surface area contributed by atoms with E-state index in [1.165, 1.54) is 19.2 Å². The predicted molar refractivity (Wildman–Crippen MR) is 90.7 cm³/mol. The van der Waals surface area contributed by atoms with Crippen LogP contribution in [0, 0.1) is 0 Å². The van der Waals surface area contributed by atoms with Gasteiger partial charge in [0.05, 0.1) is 10.9 Å². The Morgan fingerprint density at radius 2 is 1.92 bits per heavy atom. The molecule has 7 nitrogen and oxygen atoms in total. The van der Waals surface area contributed by atoms with Gasteiger partial charge in [0.2, 0.25) is 10.0 Å². The van der Waals surface area contributed by atoms with E-state index >= 15 is 0 Å². The maximum absolute atomic E-state index is 12.0. The normalized spacial score (nSPS) is 12.4. The second kappa shape index (κ2) is 7.89. The number of rotatable bonds is 6. The number of pyridine rings is 1. The highest BCUT2D eigenvalue weighted by molar-refractivity contribution is 7.89. The first-order valence-corrected chi connectivity index (χ1v) is 8.87. The molecule has 3 N–H and O–H groups in total. The Balaban J connectivity index is 1.94. The quantitative estimate of drug-likeness (QED) is 0.737. The lowest BCUT2D eigenvalue weighted by Crippen LogP contribution is -2.36. The van der Waals surface area contributed by atoms with E-state index in [-0.39, 0.29) is 23.5 Å². The zero-order chi connectivity index (χ0) is 17.6. The van der Waals surface area contributed by atoms with Crippen molar-refractivity contribution >= 4 is 16.1 Å². The summed E-state index contributed by atoms with van der Waals surface area (Å²) in [7, 11) is -2.14. The van der Waals surface area contributed by atoms with Crippen molar-refractivity contribution in [3.8, 4) is 0 Å². The average molecular weight is 348 g/mol. The third-order valence-electron chi connectivity index (χ3n) is 3.48. The molecule has 2 amide bonds. The van der Waals surface area contributed by atoms with Crippen molar-refractivity contribution < 1.29 is 13.2 Å². The maximum Gasteiger partial charge on any atom is 0.315 e. The van der Waals surface area contributed by atoms with Crippen molar-refractivity contribution in [1.29, 1.82) is 0 Å². The number of nitrogens with zero attached hydrogens (tertiary/aromatic N) is 1. The molecular formula is C16H20N4O3S. The summed E-state index contributed by atoms with van der Waals surface area (Å²) in [4.78, 5) is 16.1. The molecule has 24 heavy (non-hydrogen) atoms. The Bertz CT molecular complexity index is 794. The van der Waals surface area contributed by atoms with E-state index in [1.54, 1.807) is 24.5 Å². The van der Waals surface area contributed by atoms with Crippen molar-refractivity contribution in [2.45, 2.75) is 24.4 Å². The second-order valence-electron chi connectivity index (χ2n) is 5.18. The van der Waals surface area contributed by atoms with Gasteiger partial charge in [0.25, 0.3) is 0 Å². The number of sulfonamides is 1. The summed E-state index contributed by atoms with van der Waals surface area (Å²) >= 11 is 0. The van der Waals surface area contributed by atoms with Crippen molar-refractivity contribution in [2.75, 3.05) is 7.05 Å². The molecule has 1 aromatic heterocycles. The zero-order valence-electron chi connectivity index (χ0n) is 13.5. The third-order valence-corrected chi connectivity index (χ3v) is 4.90. The number of hydrogen-bond donors (Lipinski definition) is 3. The Morgan fingerprint density at radius 3 is 2.58 bits per heavy atom. The smallest absolute Gasteiger partial charge is 0.315 e. The largest absolute Gasteiger partial charge is 0.334 e. The molecule has 1 aromatic carbocycles. The monoisotopic (exact) mass is 348 g/mol. The van der Waals surface area contributed by atoms with E-state index in [1.807, 2.05) is 19.1 Å². The summed E-state index contributed by atoms with van der Waals surface area (Å²) in [6.45, 7) is 2.09. The molecular weight excluding hydrogens is 328 g/mol.